The Morgan fingerprint density at radius 3 is 2.10 bits per heavy atom. The average Bonchev–Trinajstić information content (AvgIpc) is 2.74. The van der Waals surface area contributed by atoms with E-state index >= 15 is 0 Å². The van der Waals surface area contributed by atoms with E-state index in [-0.39, 0.29) is 16.8 Å². The van der Waals surface area contributed by atoms with Gasteiger partial charge in [0.15, 0.2) is 0 Å². The van der Waals surface area contributed by atoms with Crippen LogP contribution in [0, 0.1) is 0 Å². The Labute approximate surface area is 184 Å². The zero-order valence-corrected chi connectivity index (χ0v) is 18.8. The number of nitrogens with one attached hydrogen (secondary N) is 2. The van der Waals surface area contributed by atoms with E-state index in [1.807, 2.05) is 31.2 Å². The number of halogens is 1. The Hall–Kier alpha value is -2.84. The minimum atomic E-state index is -3.77. The van der Waals surface area contributed by atoms with Gasteiger partial charge in [0.1, 0.15) is 5.75 Å². The summed E-state index contributed by atoms with van der Waals surface area (Å²) < 4.78 is 33.7. The van der Waals surface area contributed by atoms with E-state index in [2.05, 4.69) is 26.0 Å². The summed E-state index contributed by atoms with van der Waals surface area (Å²) >= 11 is 3.38. The van der Waals surface area contributed by atoms with Gasteiger partial charge in [-0.3, -0.25) is 9.52 Å². The fraction of sp³-hybridized carbons (Fsp3) is 0.136. The highest BCUT2D eigenvalue weighted by atomic mass is 79.9. The van der Waals surface area contributed by atoms with Gasteiger partial charge in [-0.15, -0.1) is 0 Å². The molecule has 1 atom stereocenters. The first-order chi connectivity index (χ1) is 14.3. The number of benzene rings is 3. The molecule has 0 spiro atoms. The Morgan fingerprint density at radius 1 is 0.933 bits per heavy atom. The molecule has 0 heterocycles. The van der Waals surface area contributed by atoms with Crippen molar-refractivity contribution in [3.8, 4) is 5.75 Å². The molecule has 0 aliphatic rings. The molecule has 156 valence electrons. The van der Waals surface area contributed by atoms with E-state index in [4.69, 9.17) is 4.74 Å². The van der Waals surface area contributed by atoms with Gasteiger partial charge < -0.3 is 10.1 Å². The summed E-state index contributed by atoms with van der Waals surface area (Å²) in [5, 5.41) is 2.91. The first-order valence-electron chi connectivity index (χ1n) is 9.12. The number of rotatable bonds is 7. The Balaban J connectivity index is 1.68. The molecule has 0 saturated carbocycles. The zero-order valence-electron chi connectivity index (χ0n) is 16.4. The lowest BCUT2D eigenvalue weighted by Gasteiger charge is -2.15. The van der Waals surface area contributed by atoms with E-state index in [1.165, 1.54) is 31.4 Å². The summed E-state index contributed by atoms with van der Waals surface area (Å²) in [5.74, 6) is 0.350. The fourth-order valence-corrected chi connectivity index (χ4v) is 4.10. The van der Waals surface area contributed by atoms with Crippen molar-refractivity contribution in [1.82, 2.24) is 5.32 Å². The van der Waals surface area contributed by atoms with Crippen LogP contribution in [0.1, 0.15) is 28.9 Å². The predicted molar refractivity (Wildman–Crippen MR) is 120 cm³/mol. The molecule has 0 aromatic heterocycles. The number of carbonyl (C=O) groups is 1. The van der Waals surface area contributed by atoms with E-state index < -0.39 is 10.0 Å². The van der Waals surface area contributed by atoms with Crippen LogP contribution in [0.15, 0.2) is 82.2 Å². The van der Waals surface area contributed by atoms with E-state index in [0.29, 0.717) is 17.0 Å². The molecule has 0 saturated heterocycles. The second-order valence-corrected chi connectivity index (χ2v) is 9.20. The van der Waals surface area contributed by atoms with Crippen molar-refractivity contribution in [2.45, 2.75) is 17.9 Å². The Kier molecular flexibility index (Phi) is 6.79. The standard InChI is InChI=1S/C22H21BrN2O4S/c1-15(16-3-7-18(23)8-4-16)24-22(26)17-5-13-21(14-6-17)30(27,28)25-19-9-11-20(29-2)12-10-19/h3-15,25H,1-2H3,(H,24,26). The molecular formula is C22H21BrN2O4S. The molecule has 0 radical (unpaired) electrons. The Morgan fingerprint density at radius 2 is 1.53 bits per heavy atom. The maximum atomic E-state index is 12.6. The van der Waals surface area contributed by atoms with Crippen molar-refractivity contribution in [1.29, 1.82) is 0 Å². The van der Waals surface area contributed by atoms with Crippen molar-refractivity contribution in [3.63, 3.8) is 0 Å². The molecule has 0 fully saturated rings. The van der Waals surface area contributed by atoms with Crippen LogP contribution >= 0.6 is 15.9 Å². The van der Waals surface area contributed by atoms with Crippen molar-refractivity contribution in [3.05, 3.63) is 88.4 Å². The second-order valence-electron chi connectivity index (χ2n) is 6.61. The lowest BCUT2D eigenvalue weighted by molar-refractivity contribution is 0.0940. The van der Waals surface area contributed by atoms with E-state index in [1.54, 1.807) is 24.3 Å². The topological polar surface area (TPSA) is 84.5 Å². The minimum absolute atomic E-state index is 0.0656. The normalized spacial score (nSPS) is 12.1. The molecule has 1 amide bonds. The summed E-state index contributed by atoms with van der Waals surface area (Å²) in [6, 6.07) is 19.8. The molecule has 30 heavy (non-hydrogen) atoms. The molecule has 3 aromatic carbocycles. The number of anilines is 1. The third-order valence-corrected chi connectivity index (χ3v) is 6.41. The van der Waals surface area contributed by atoms with Crippen LogP contribution in [-0.4, -0.2) is 21.4 Å². The predicted octanol–water partition coefficient (Wildman–Crippen LogP) is 4.75. The van der Waals surface area contributed by atoms with Crippen molar-refractivity contribution in [2.75, 3.05) is 11.8 Å². The summed E-state index contributed by atoms with van der Waals surface area (Å²) in [6.45, 7) is 1.89. The van der Waals surface area contributed by atoms with Crippen molar-refractivity contribution >= 4 is 37.5 Å². The molecule has 0 aliphatic carbocycles. The number of hydrogen-bond donors (Lipinski definition) is 2. The Bertz CT molecular complexity index is 1110. The number of ether oxygens (including phenoxy) is 1. The molecule has 2 N–H and O–H groups in total. The fourth-order valence-electron chi connectivity index (χ4n) is 2.77. The smallest absolute Gasteiger partial charge is 0.261 e. The highest BCUT2D eigenvalue weighted by Crippen LogP contribution is 2.20. The minimum Gasteiger partial charge on any atom is -0.497 e. The number of sulfonamides is 1. The average molecular weight is 489 g/mol. The zero-order chi connectivity index (χ0) is 21.7. The number of amides is 1. The van der Waals surface area contributed by atoms with Gasteiger partial charge in [-0.05, 0) is 73.2 Å². The van der Waals surface area contributed by atoms with Gasteiger partial charge in [0.25, 0.3) is 15.9 Å². The van der Waals surface area contributed by atoms with Crippen LogP contribution in [0.5, 0.6) is 5.75 Å². The maximum absolute atomic E-state index is 12.6. The SMILES string of the molecule is COc1ccc(NS(=O)(=O)c2ccc(C(=O)NC(C)c3ccc(Br)cc3)cc2)cc1. The first kappa shape index (κ1) is 21.9. The van der Waals surface area contributed by atoms with Gasteiger partial charge in [-0.2, -0.15) is 0 Å². The van der Waals surface area contributed by atoms with Gasteiger partial charge in [-0.1, -0.05) is 28.1 Å². The molecule has 3 rings (SSSR count). The number of hydrogen-bond acceptors (Lipinski definition) is 4. The molecule has 1 unspecified atom stereocenters. The lowest BCUT2D eigenvalue weighted by atomic mass is 10.1. The summed E-state index contributed by atoms with van der Waals surface area (Å²) in [6.07, 6.45) is 0. The highest BCUT2D eigenvalue weighted by molar-refractivity contribution is 9.10. The van der Waals surface area contributed by atoms with Gasteiger partial charge >= 0.3 is 0 Å². The van der Waals surface area contributed by atoms with Crippen LogP contribution < -0.4 is 14.8 Å². The highest BCUT2D eigenvalue weighted by Gasteiger charge is 2.16. The van der Waals surface area contributed by atoms with Gasteiger partial charge in [0, 0.05) is 15.7 Å². The monoisotopic (exact) mass is 488 g/mol. The first-order valence-corrected chi connectivity index (χ1v) is 11.4. The molecule has 8 heteroatoms. The molecule has 0 aliphatic heterocycles. The van der Waals surface area contributed by atoms with Crippen LogP contribution in [-0.2, 0) is 10.0 Å². The third kappa shape index (κ3) is 5.40. The number of methoxy groups -OCH3 is 1. The molecular weight excluding hydrogens is 468 g/mol. The molecule has 0 bridgehead atoms. The van der Waals surface area contributed by atoms with Gasteiger partial charge in [0.2, 0.25) is 0 Å². The van der Waals surface area contributed by atoms with Crippen LogP contribution in [0.4, 0.5) is 5.69 Å². The number of carbonyl (C=O) groups excluding carboxylic acids is 1. The second kappa shape index (κ2) is 9.32. The van der Waals surface area contributed by atoms with Crippen molar-refractivity contribution in [2.24, 2.45) is 0 Å². The lowest BCUT2D eigenvalue weighted by Crippen LogP contribution is -2.26. The summed E-state index contributed by atoms with van der Waals surface area (Å²) in [4.78, 5) is 12.6. The van der Waals surface area contributed by atoms with Crippen LogP contribution in [0.3, 0.4) is 0 Å². The van der Waals surface area contributed by atoms with E-state index in [9.17, 15) is 13.2 Å². The summed E-state index contributed by atoms with van der Waals surface area (Å²) in [5.41, 5.74) is 1.76. The maximum Gasteiger partial charge on any atom is 0.261 e. The quantitative estimate of drug-likeness (QED) is 0.502. The molecule has 6 nitrogen and oxygen atoms in total. The van der Waals surface area contributed by atoms with Crippen LogP contribution in [0.2, 0.25) is 0 Å². The van der Waals surface area contributed by atoms with Gasteiger partial charge in [0.05, 0.1) is 18.0 Å². The van der Waals surface area contributed by atoms with Crippen molar-refractivity contribution < 1.29 is 17.9 Å². The largest absolute Gasteiger partial charge is 0.497 e. The van der Waals surface area contributed by atoms with Gasteiger partial charge in [-0.25, -0.2) is 8.42 Å². The molecule has 3 aromatic rings. The third-order valence-electron chi connectivity index (χ3n) is 4.49. The van der Waals surface area contributed by atoms with E-state index in [0.717, 1.165) is 10.0 Å². The van der Waals surface area contributed by atoms with Crippen LogP contribution in [0.25, 0.3) is 0 Å². The summed E-state index contributed by atoms with van der Waals surface area (Å²) in [7, 11) is -2.23.